The molecule has 2 rings (SSSR count). The van der Waals surface area contributed by atoms with Crippen LogP contribution in [0.5, 0.6) is 0 Å². The summed E-state index contributed by atoms with van der Waals surface area (Å²) in [5.41, 5.74) is 6.93. The maximum Gasteiger partial charge on any atom is 0.410 e. The topological polar surface area (TPSA) is 122 Å². The van der Waals surface area contributed by atoms with Gasteiger partial charge in [0.05, 0.1) is 11.8 Å². The van der Waals surface area contributed by atoms with Gasteiger partial charge < -0.3 is 26.0 Å². The fraction of sp³-hybridized carbons (Fsp3) is 0.391. The molecule has 0 radical (unpaired) electrons. The van der Waals surface area contributed by atoms with Gasteiger partial charge in [0.25, 0.3) is 0 Å². The summed E-state index contributed by atoms with van der Waals surface area (Å²) in [6.45, 7) is 7.96. The molecule has 1 aromatic heterocycles. The third-order valence-corrected chi connectivity index (χ3v) is 3.92. The Morgan fingerprint density at radius 1 is 1.25 bits per heavy atom. The van der Waals surface area contributed by atoms with Crippen LogP contribution in [-0.4, -0.2) is 52.6 Å². The lowest BCUT2D eigenvalue weighted by Crippen LogP contribution is -2.38. The maximum absolute atomic E-state index is 12.3. The lowest BCUT2D eigenvalue weighted by Gasteiger charge is -2.24. The van der Waals surface area contributed by atoms with Gasteiger partial charge in [0.2, 0.25) is 11.9 Å². The molecule has 0 aliphatic carbocycles. The van der Waals surface area contributed by atoms with E-state index in [0.717, 1.165) is 13.0 Å². The lowest BCUT2D eigenvalue weighted by atomic mass is 10.2. The van der Waals surface area contributed by atoms with Crippen molar-refractivity contribution in [3.8, 4) is 11.8 Å². The molecule has 0 unspecified atom stereocenters. The molecule has 9 nitrogen and oxygen atoms in total. The molecular weight excluding hydrogens is 408 g/mol. The van der Waals surface area contributed by atoms with Crippen molar-refractivity contribution in [1.82, 2.24) is 14.9 Å². The number of carbonyl (C=O) groups is 2. The van der Waals surface area contributed by atoms with Gasteiger partial charge in [-0.1, -0.05) is 24.8 Å². The average molecular weight is 439 g/mol. The Balaban J connectivity index is 2.06. The zero-order chi connectivity index (χ0) is 23.7. The Morgan fingerprint density at radius 3 is 2.69 bits per heavy atom. The second-order valence-corrected chi connectivity index (χ2v) is 8.13. The van der Waals surface area contributed by atoms with Crippen LogP contribution in [0.2, 0.25) is 0 Å². The number of likely N-dealkylation sites (N-methyl/N-ethyl adjacent to an activating group) is 1. The normalized spacial score (nSPS) is 10.5. The van der Waals surface area contributed by atoms with Gasteiger partial charge in [0.15, 0.2) is 0 Å². The van der Waals surface area contributed by atoms with E-state index in [1.807, 2.05) is 13.0 Å². The summed E-state index contributed by atoms with van der Waals surface area (Å²) in [6, 6.07) is 7.10. The number of rotatable bonds is 6. The van der Waals surface area contributed by atoms with Crippen molar-refractivity contribution in [3.05, 3.63) is 41.6 Å². The molecule has 0 spiro atoms. The molecule has 170 valence electrons. The van der Waals surface area contributed by atoms with E-state index in [1.165, 1.54) is 11.9 Å². The van der Waals surface area contributed by atoms with Crippen LogP contribution in [0.1, 0.15) is 45.2 Å². The van der Waals surface area contributed by atoms with E-state index in [1.54, 1.807) is 45.2 Å². The van der Waals surface area contributed by atoms with Crippen LogP contribution >= 0.6 is 0 Å². The van der Waals surface area contributed by atoms with Crippen LogP contribution in [0.4, 0.5) is 22.2 Å². The van der Waals surface area contributed by atoms with E-state index >= 15 is 0 Å². The third kappa shape index (κ3) is 8.14. The lowest BCUT2D eigenvalue weighted by molar-refractivity contribution is -0.117. The van der Waals surface area contributed by atoms with Crippen LogP contribution in [0.15, 0.2) is 30.5 Å². The van der Waals surface area contributed by atoms with E-state index in [9.17, 15) is 9.59 Å². The molecule has 1 aromatic carbocycles. The zero-order valence-corrected chi connectivity index (χ0v) is 19.2. The number of ether oxygens (including phenoxy) is 1. The predicted molar refractivity (Wildman–Crippen MR) is 125 cm³/mol. The van der Waals surface area contributed by atoms with Crippen LogP contribution in [0.25, 0.3) is 0 Å². The highest BCUT2D eigenvalue weighted by Gasteiger charge is 2.21. The summed E-state index contributed by atoms with van der Waals surface area (Å²) in [5, 5.41) is 5.95. The Hall–Kier alpha value is -3.80. The highest BCUT2D eigenvalue weighted by atomic mass is 16.6. The number of nitrogens with one attached hydrogen (secondary N) is 2. The molecule has 2 amide bonds. The Morgan fingerprint density at radius 2 is 2.00 bits per heavy atom. The fourth-order valence-corrected chi connectivity index (χ4v) is 2.50. The number of hydrogen-bond acceptors (Lipinski definition) is 7. The molecule has 32 heavy (non-hydrogen) atoms. The average Bonchev–Trinajstić information content (AvgIpc) is 2.70. The minimum Gasteiger partial charge on any atom is -0.444 e. The van der Waals surface area contributed by atoms with Crippen molar-refractivity contribution in [2.75, 3.05) is 36.5 Å². The number of aromatic nitrogens is 2. The summed E-state index contributed by atoms with van der Waals surface area (Å²) < 4.78 is 5.25. The smallest absolute Gasteiger partial charge is 0.410 e. The molecule has 2 aromatic rings. The number of nitrogen functional groups attached to an aromatic ring is 1. The highest BCUT2D eigenvalue weighted by molar-refractivity contribution is 5.94. The van der Waals surface area contributed by atoms with Gasteiger partial charge >= 0.3 is 6.09 Å². The number of benzene rings is 1. The summed E-state index contributed by atoms with van der Waals surface area (Å²) in [5.74, 6) is 6.50. The van der Waals surface area contributed by atoms with E-state index in [2.05, 4.69) is 32.4 Å². The van der Waals surface area contributed by atoms with Crippen molar-refractivity contribution < 1.29 is 14.3 Å². The second-order valence-electron chi connectivity index (χ2n) is 8.13. The number of anilines is 3. The molecule has 0 bridgehead atoms. The zero-order valence-electron chi connectivity index (χ0n) is 19.2. The molecular formula is C23H30N6O3. The molecule has 0 atom stereocenters. The largest absolute Gasteiger partial charge is 0.444 e. The van der Waals surface area contributed by atoms with Crippen molar-refractivity contribution in [3.63, 3.8) is 0 Å². The van der Waals surface area contributed by atoms with Gasteiger partial charge in [-0.3, -0.25) is 4.79 Å². The molecule has 0 saturated carbocycles. The minimum atomic E-state index is -0.629. The highest BCUT2D eigenvalue weighted by Crippen LogP contribution is 2.14. The molecule has 0 fully saturated rings. The second kappa shape index (κ2) is 11.0. The SMILES string of the molecule is CCCNc1nc(N)ncc1C#Cc1cccc(NC(=O)CN(C)C(=O)OC(C)(C)C)c1. The van der Waals surface area contributed by atoms with Gasteiger partial charge in [-0.2, -0.15) is 4.98 Å². The van der Waals surface area contributed by atoms with Gasteiger partial charge in [-0.05, 0) is 45.4 Å². The van der Waals surface area contributed by atoms with Gasteiger partial charge in [-0.15, -0.1) is 0 Å². The van der Waals surface area contributed by atoms with Crippen LogP contribution in [0.3, 0.4) is 0 Å². The molecule has 0 aliphatic heterocycles. The Bertz CT molecular complexity index is 1020. The van der Waals surface area contributed by atoms with Crippen LogP contribution in [0, 0.1) is 11.8 Å². The number of nitrogens with two attached hydrogens (primary N) is 1. The molecule has 4 N–H and O–H groups in total. The van der Waals surface area contributed by atoms with E-state index in [-0.39, 0.29) is 18.4 Å². The summed E-state index contributed by atoms with van der Waals surface area (Å²) in [7, 11) is 1.51. The monoisotopic (exact) mass is 438 g/mol. The van der Waals surface area contributed by atoms with Crippen molar-refractivity contribution in [2.24, 2.45) is 0 Å². The van der Waals surface area contributed by atoms with Crippen LogP contribution in [-0.2, 0) is 9.53 Å². The van der Waals surface area contributed by atoms with E-state index in [0.29, 0.717) is 22.6 Å². The molecule has 9 heteroatoms. The first kappa shape index (κ1) is 24.5. The van der Waals surface area contributed by atoms with Crippen molar-refractivity contribution in [1.29, 1.82) is 0 Å². The third-order valence-electron chi connectivity index (χ3n) is 3.92. The summed E-state index contributed by atoms with van der Waals surface area (Å²) in [6.07, 6.45) is 1.94. The number of hydrogen-bond donors (Lipinski definition) is 3. The van der Waals surface area contributed by atoms with Crippen molar-refractivity contribution >= 4 is 29.5 Å². The fourth-order valence-electron chi connectivity index (χ4n) is 2.50. The van der Waals surface area contributed by atoms with Crippen LogP contribution < -0.4 is 16.4 Å². The first-order valence-corrected chi connectivity index (χ1v) is 10.3. The number of nitrogens with zero attached hydrogens (tertiary/aromatic N) is 3. The first-order chi connectivity index (χ1) is 15.1. The van der Waals surface area contributed by atoms with Crippen molar-refractivity contribution in [2.45, 2.75) is 39.7 Å². The predicted octanol–water partition coefficient (Wildman–Crippen LogP) is 3.09. The minimum absolute atomic E-state index is 0.139. The quantitative estimate of drug-likeness (QED) is 0.592. The maximum atomic E-state index is 12.3. The van der Waals surface area contributed by atoms with E-state index < -0.39 is 11.7 Å². The number of amides is 2. The summed E-state index contributed by atoms with van der Waals surface area (Å²) >= 11 is 0. The van der Waals surface area contributed by atoms with Gasteiger partial charge in [-0.25, -0.2) is 9.78 Å². The van der Waals surface area contributed by atoms with E-state index in [4.69, 9.17) is 10.5 Å². The van der Waals surface area contributed by atoms with Gasteiger partial charge in [0, 0.05) is 24.8 Å². The standard InChI is InChI=1S/C23H30N6O3/c1-6-12-25-20-17(14-26-21(24)28-20)11-10-16-8-7-9-18(13-16)27-19(30)15-29(5)22(31)32-23(2,3)4/h7-9,13-14H,6,12,15H2,1-5H3,(H,27,30)(H3,24,25,26,28). The van der Waals surface area contributed by atoms with Gasteiger partial charge in [0.1, 0.15) is 18.0 Å². The summed E-state index contributed by atoms with van der Waals surface area (Å²) in [4.78, 5) is 33.8. The molecule has 0 saturated heterocycles. The number of carbonyl (C=O) groups excluding carboxylic acids is 2. The first-order valence-electron chi connectivity index (χ1n) is 10.3. The Kier molecular flexibility index (Phi) is 8.41. The molecule has 1 heterocycles. The molecule has 0 aliphatic rings. The Labute approximate surface area is 188 Å².